The van der Waals surface area contributed by atoms with Gasteiger partial charge < -0.3 is 15.4 Å². The summed E-state index contributed by atoms with van der Waals surface area (Å²) in [5, 5.41) is 7.27. The van der Waals surface area contributed by atoms with Gasteiger partial charge in [-0.3, -0.25) is 0 Å². The summed E-state index contributed by atoms with van der Waals surface area (Å²) in [5.74, 6) is 1.22. The number of nitrogens with one attached hydrogen (secondary N) is 2. The summed E-state index contributed by atoms with van der Waals surface area (Å²) < 4.78 is 5.67. The first-order valence-corrected chi connectivity index (χ1v) is 8.82. The van der Waals surface area contributed by atoms with Gasteiger partial charge in [0.15, 0.2) is 5.11 Å². The molecule has 0 aliphatic rings. The van der Waals surface area contributed by atoms with E-state index in [0.717, 1.165) is 5.56 Å². The van der Waals surface area contributed by atoms with E-state index >= 15 is 0 Å². The Morgan fingerprint density at radius 3 is 2.46 bits per heavy atom. The molecule has 0 aliphatic heterocycles. The molecular formula is C18H14Cl2N4OS. The number of benzene rings is 2. The maximum absolute atomic E-state index is 6.04. The molecule has 3 rings (SSSR count). The molecule has 0 fully saturated rings. The number of rotatable bonds is 5. The average Bonchev–Trinajstić information content (AvgIpc) is 2.61. The minimum Gasteiger partial charge on any atom is -0.439 e. The topological polar surface area (TPSA) is 59.1 Å². The van der Waals surface area contributed by atoms with Crippen LogP contribution in [0.5, 0.6) is 11.6 Å². The summed E-state index contributed by atoms with van der Waals surface area (Å²) in [6, 6.07) is 18.3. The summed E-state index contributed by atoms with van der Waals surface area (Å²) in [5.41, 5.74) is 1.04. The lowest BCUT2D eigenvalue weighted by Gasteiger charge is -2.11. The van der Waals surface area contributed by atoms with Crippen molar-refractivity contribution in [3.05, 3.63) is 76.4 Å². The van der Waals surface area contributed by atoms with Crippen LogP contribution in [-0.2, 0) is 6.54 Å². The average molecular weight is 405 g/mol. The molecule has 2 aromatic carbocycles. The zero-order chi connectivity index (χ0) is 18.4. The van der Waals surface area contributed by atoms with Gasteiger partial charge in [-0.25, -0.2) is 4.98 Å². The standard InChI is InChI=1S/C18H14Cl2N4OS/c19-13-8-6-12(7-9-13)11-21-18(26)24-17-22-15(20)10-16(23-17)25-14-4-2-1-3-5-14/h1-10H,11H2,(H2,21,22,23,24,26). The van der Waals surface area contributed by atoms with E-state index in [-0.39, 0.29) is 11.1 Å². The molecule has 0 bridgehead atoms. The largest absolute Gasteiger partial charge is 0.439 e. The van der Waals surface area contributed by atoms with Crippen molar-refractivity contribution in [2.45, 2.75) is 6.54 Å². The summed E-state index contributed by atoms with van der Waals surface area (Å²) >= 11 is 17.2. The fraction of sp³-hybridized carbons (Fsp3) is 0.0556. The molecule has 0 radical (unpaired) electrons. The van der Waals surface area contributed by atoms with Gasteiger partial charge in [0.2, 0.25) is 11.8 Å². The van der Waals surface area contributed by atoms with E-state index in [1.807, 2.05) is 54.6 Å². The SMILES string of the molecule is S=C(NCc1ccc(Cl)cc1)Nc1nc(Cl)cc(Oc2ccccc2)n1. The Hall–Kier alpha value is -2.41. The molecule has 1 heterocycles. The number of nitrogens with zero attached hydrogens (tertiary/aromatic N) is 2. The van der Waals surface area contributed by atoms with Crippen molar-refractivity contribution in [3.8, 4) is 11.6 Å². The number of anilines is 1. The van der Waals surface area contributed by atoms with Gasteiger partial charge in [0, 0.05) is 17.6 Å². The predicted octanol–water partition coefficient (Wildman–Crippen LogP) is 5.06. The van der Waals surface area contributed by atoms with Crippen LogP contribution >= 0.6 is 35.4 Å². The second kappa shape index (κ2) is 8.80. The molecule has 0 saturated heterocycles. The van der Waals surface area contributed by atoms with E-state index in [1.165, 1.54) is 6.07 Å². The molecule has 0 atom stereocenters. The smallest absolute Gasteiger partial charge is 0.233 e. The fourth-order valence-corrected chi connectivity index (χ4v) is 2.51. The quantitative estimate of drug-likeness (QED) is 0.457. The number of para-hydroxylation sites is 1. The Morgan fingerprint density at radius 1 is 1.00 bits per heavy atom. The van der Waals surface area contributed by atoms with Gasteiger partial charge in [0.1, 0.15) is 10.9 Å². The van der Waals surface area contributed by atoms with Crippen LogP contribution in [0.2, 0.25) is 10.2 Å². The molecular weight excluding hydrogens is 391 g/mol. The van der Waals surface area contributed by atoms with Crippen molar-refractivity contribution in [3.63, 3.8) is 0 Å². The lowest BCUT2D eigenvalue weighted by atomic mass is 10.2. The highest BCUT2D eigenvalue weighted by Gasteiger charge is 2.07. The first-order chi connectivity index (χ1) is 12.6. The molecule has 0 amide bonds. The zero-order valence-electron chi connectivity index (χ0n) is 13.4. The Labute approximate surface area is 166 Å². The third kappa shape index (κ3) is 5.56. The number of hydrogen-bond acceptors (Lipinski definition) is 4. The van der Waals surface area contributed by atoms with E-state index in [0.29, 0.717) is 28.3 Å². The van der Waals surface area contributed by atoms with Crippen molar-refractivity contribution in [2.75, 3.05) is 5.32 Å². The van der Waals surface area contributed by atoms with Crippen molar-refractivity contribution in [1.29, 1.82) is 0 Å². The van der Waals surface area contributed by atoms with E-state index in [1.54, 1.807) is 0 Å². The maximum Gasteiger partial charge on any atom is 0.233 e. The minimum absolute atomic E-state index is 0.244. The summed E-state index contributed by atoms with van der Waals surface area (Å²) in [6.07, 6.45) is 0. The highest BCUT2D eigenvalue weighted by molar-refractivity contribution is 7.80. The van der Waals surface area contributed by atoms with Gasteiger partial charge in [-0.15, -0.1) is 0 Å². The first-order valence-electron chi connectivity index (χ1n) is 7.65. The molecule has 26 heavy (non-hydrogen) atoms. The number of aromatic nitrogens is 2. The second-order valence-electron chi connectivity index (χ2n) is 5.20. The normalized spacial score (nSPS) is 10.2. The van der Waals surface area contributed by atoms with Crippen molar-refractivity contribution >= 4 is 46.5 Å². The fourth-order valence-electron chi connectivity index (χ4n) is 2.04. The van der Waals surface area contributed by atoms with Crippen molar-refractivity contribution in [2.24, 2.45) is 0 Å². The molecule has 132 valence electrons. The molecule has 2 N–H and O–H groups in total. The number of halogens is 2. The van der Waals surface area contributed by atoms with Gasteiger partial charge in [0.05, 0.1) is 0 Å². The summed E-state index contributed by atoms with van der Waals surface area (Å²) in [7, 11) is 0. The second-order valence-corrected chi connectivity index (χ2v) is 6.43. The molecule has 8 heteroatoms. The third-order valence-corrected chi connectivity index (χ3v) is 3.92. The molecule has 0 spiro atoms. The van der Waals surface area contributed by atoms with Gasteiger partial charge >= 0.3 is 0 Å². The molecule has 1 aromatic heterocycles. The van der Waals surface area contributed by atoms with Crippen LogP contribution in [0.1, 0.15) is 5.56 Å². The van der Waals surface area contributed by atoms with Crippen LogP contribution in [0.3, 0.4) is 0 Å². The van der Waals surface area contributed by atoms with Crippen LogP contribution in [0.15, 0.2) is 60.7 Å². The first kappa shape index (κ1) is 18.4. The van der Waals surface area contributed by atoms with Gasteiger partial charge in [0.25, 0.3) is 0 Å². The lowest BCUT2D eigenvalue weighted by molar-refractivity contribution is 0.462. The number of hydrogen-bond donors (Lipinski definition) is 2. The van der Waals surface area contributed by atoms with Gasteiger partial charge in [-0.2, -0.15) is 4.98 Å². The summed E-state index contributed by atoms with van der Waals surface area (Å²) in [6.45, 7) is 0.539. The van der Waals surface area contributed by atoms with E-state index in [2.05, 4.69) is 20.6 Å². The highest BCUT2D eigenvalue weighted by Crippen LogP contribution is 2.22. The van der Waals surface area contributed by atoms with Crippen molar-refractivity contribution < 1.29 is 4.74 Å². The Kier molecular flexibility index (Phi) is 6.22. The molecule has 0 aliphatic carbocycles. The molecule has 0 saturated carbocycles. The monoisotopic (exact) mass is 404 g/mol. The van der Waals surface area contributed by atoms with Crippen molar-refractivity contribution in [1.82, 2.24) is 15.3 Å². The maximum atomic E-state index is 6.04. The van der Waals surface area contributed by atoms with Crippen LogP contribution in [0, 0.1) is 0 Å². The predicted molar refractivity (Wildman–Crippen MR) is 108 cm³/mol. The number of thiocarbonyl (C=S) groups is 1. The van der Waals surface area contributed by atoms with E-state index in [4.69, 9.17) is 40.2 Å². The van der Waals surface area contributed by atoms with Gasteiger partial charge in [-0.05, 0) is 42.0 Å². The van der Waals surface area contributed by atoms with Crippen LogP contribution in [0.4, 0.5) is 5.95 Å². The molecule has 0 unspecified atom stereocenters. The Balaban J connectivity index is 1.61. The van der Waals surface area contributed by atoms with Crippen LogP contribution in [-0.4, -0.2) is 15.1 Å². The molecule has 5 nitrogen and oxygen atoms in total. The highest BCUT2D eigenvalue weighted by atomic mass is 35.5. The van der Waals surface area contributed by atoms with Crippen LogP contribution < -0.4 is 15.4 Å². The Morgan fingerprint density at radius 2 is 1.73 bits per heavy atom. The third-order valence-electron chi connectivity index (χ3n) is 3.23. The summed E-state index contributed by atoms with van der Waals surface area (Å²) in [4.78, 5) is 8.36. The Bertz CT molecular complexity index is 891. The van der Waals surface area contributed by atoms with Gasteiger partial charge in [-0.1, -0.05) is 53.5 Å². The lowest BCUT2D eigenvalue weighted by Crippen LogP contribution is -2.28. The van der Waals surface area contributed by atoms with E-state index in [9.17, 15) is 0 Å². The van der Waals surface area contributed by atoms with Crippen LogP contribution in [0.25, 0.3) is 0 Å². The van der Waals surface area contributed by atoms with E-state index < -0.39 is 0 Å². The number of ether oxygens (including phenoxy) is 1. The molecule has 3 aromatic rings. The minimum atomic E-state index is 0.244. The zero-order valence-corrected chi connectivity index (χ0v) is 15.8.